The molecule has 0 aliphatic carbocycles. The number of para-hydroxylation sites is 1. The highest BCUT2D eigenvalue weighted by Gasteiger charge is 2.18. The van der Waals surface area contributed by atoms with Crippen LogP contribution in [0.15, 0.2) is 40.9 Å². The Hall–Kier alpha value is -1.95. The zero-order valence-electron chi connectivity index (χ0n) is 10.3. The molecule has 0 aliphatic heterocycles. The Bertz CT molecular complexity index is 638. The fourth-order valence-electron chi connectivity index (χ4n) is 1.72. The summed E-state index contributed by atoms with van der Waals surface area (Å²) in [6, 6.07) is 9.00. The van der Waals surface area contributed by atoms with Crippen LogP contribution in [0, 0.1) is 11.6 Å². The van der Waals surface area contributed by atoms with E-state index in [1.807, 2.05) is 0 Å². The summed E-state index contributed by atoms with van der Waals surface area (Å²) >= 11 is 2.95. The largest absolute Gasteiger partial charge is 0.398 e. The molecule has 2 aromatic rings. The van der Waals surface area contributed by atoms with Crippen LogP contribution < -0.4 is 11.1 Å². The Morgan fingerprint density at radius 3 is 2.40 bits per heavy atom. The van der Waals surface area contributed by atoms with Gasteiger partial charge in [-0.3, -0.25) is 4.79 Å². The number of anilines is 1. The van der Waals surface area contributed by atoms with E-state index in [-0.39, 0.29) is 11.0 Å². The maximum atomic E-state index is 13.6. The highest BCUT2D eigenvalue weighted by molar-refractivity contribution is 9.10. The molecular formula is C14H11BrF2N2O. The van der Waals surface area contributed by atoms with Gasteiger partial charge in [0.05, 0.1) is 0 Å². The first kappa shape index (κ1) is 14.5. The Labute approximate surface area is 122 Å². The van der Waals surface area contributed by atoms with E-state index >= 15 is 0 Å². The number of hydrogen-bond acceptors (Lipinski definition) is 2. The molecular weight excluding hydrogens is 330 g/mol. The molecule has 0 saturated heterocycles. The minimum Gasteiger partial charge on any atom is -0.398 e. The van der Waals surface area contributed by atoms with Gasteiger partial charge >= 0.3 is 0 Å². The first-order valence-electron chi connectivity index (χ1n) is 5.75. The SMILES string of the molecule is Nc1ccccc1CNC(=O)c1c(F)cc(Br)cc1F. The molecule has 2 rings (SSSR count). The van der Waals surface area contributed by atoms with Crippen molar-refractivity contribution in [2.75, 3.05) is 5.73 Å². The molecule has 2 aromatic carbocycles. The molecule has 0 spiro atoms. The standard InChI is InChI=1S/C14H11BrF2N2O/c15-9-5-10(16)13(11(17)6-9)14(20)19-7-8-3-1-2-4-12(8)18/h1-6H,7,18H2,(H,19,20). The predicted molar refractivity (Wildman–Crippen MR) is 76.1 cm³/mol. The lowest BCUT2D eigenvalue weighted by molar-refractivity contribution is 0.0942. The van der Waals surface area contributed by atoms with Crippen LogP contribution in [0.5, 0.6) is 0 Å². The summed E-state index contributed by atoms with van der Waals surface area (Å²) in [7, 11) is 0. The maximum Gasteiger partial charge on any atom is 0.257 e. The number of carbonyl (C=O) groups is 1. The molecule has 0 saturated carbocycles. The van der Waals surface area contributed by atoms with E-state index in [1.54, 1.807) is 24.3 Å². The van der Waals surface area contributed by atoms with Gasteiger partial charge in [0.25, 0.3) is 5.91 Å². The second-order valence-electron chi connectivity index (χ2n) is 4.13. The minimum absolute atomic E-state index is 0.0977. The van der Waals surface area contributed by atoms with E-state index in [0.717, 1.165) is 12.1 Å². The summed E-state index contributed by atoms with van der Waals surface area (Å²) in [4.78, 5) is 11.8. The summed E-state index contributed by atoms with van der Waals surface area (Å²) in [5, 5.41) is 2.44. The fraction of sp³-hybridized carbons (Fsp3) is 0.0714. The van der Waals surface area contributed by atoms with Crippen molar-refractivity contribution in [1.82, 2.24) is 5.32 Å². The molecule has 20 heavy (non-hydrogen) atoms. The summed E-state index contributed by atoms with van der Waals surface area (Å²) in [6.45, 7) is 0.0977. The summed E-state index contributed by atoms with van der Waals surface area (Å²) in [6.07, 6.45) is 0. The normalized spacial score (nSPS) is 10.3. The summed E-state index contributed by atoms with van der Waals surface area (Å²) in [5.41, 5.74) is 6.29. The fourth-order valence-corrected chi connectivity index (χ4v) is 2.12. The van der Waals surface area contributed by atoms with E-state index in [4.69, 9.17) is 5.73 Å². The van der Waals surface area contributed by atoms with Gasteiger partial charge in [0.1, 0.15) is 17.2 Å². The lowest BCUT2D eigenvalue weighted by Gasteiger charge is -2.09. The average Bonchev–Trinajstić information content (AvgIpc) is 2.36. The van der Waals surface area contributed by atoms with Gasteiger partial charge in [0.15, 0.2) is 0 Å². The number of carbonyl (C=O) groups excluding carboxylic acids is 1. The molecule has 104 valence electrons. The highest BCUT2D eigenvalue weighted by Crippen LogP contribution is 2.19. The maximum absolute atomic E-state index is 13.6. The van der Waals surface area contributed by atoms with Crippen molar-refractivity contribution in [2.24, 2.45) is 0 Å². The van der Waals surface area contributed by atoms with Crippen molar-refractivity contribution < 1.29 is 13.6 Å². The second-order valence-corrected chi connectivity index (χ2v) is 5.04. The number of nitrogens with one attached hydrogen (secondary N) is 1. The third-order valence-electron chi connectivity index (χ3n) is 2.73. The van der Waals surface area contributed by atoms with Crippen LogP contribution >= 0.6 is 15.9 Å². The number of benzene rings is 2. The first-order chi connectivity index (χ1) is 9.49. The monoisotopic (exact) mass is 340 g/mol. The number of nitrogens with two attached hydrogens (primary N) is 1. The lowest BCUT2D eigenvalue weighted by Crippen LogP contribution is -2.25. The molecule has 0 unspecified atom stereocenters. The lowest BCUT2D eigenvalue weighted by atomic mass is 10.1. The van der Waals surface area contributed by atoms with Gasteiger partial charge in [0, 0.05) is 16.7 Å². The third kappa shape index (κ3) is 3.14. The topological polar surface area (TPSA) is 55.1 Å². The van der Waals surface area contributed by atoms with E-state index in [9.17, 15) is 13.6 Å². The Morgan fingerprint density at radius 1 is 1.20 bits per heavy atom. The Kier molecular flexibility index (Phi) is 4.34. The predicted octanol–water partition coefficient (Wildman–Crippen LogP) is 3.24. The number of rotatable bonds is 3. The van der Waals surface area contributed by atoms with Crippen molar-refractivity contribution >= 4 is 27.5 Å². The zero-order valence-corrected chi connectivity index (χ0v) is 11.9. The molecule has 1 amide bonds. The van der Waals surface area contributed by atoms with Gasteiger partial charge in [-0.15, -0.1) is 0 Å². The van der Waals surface area contributed by atoms with Crippen LogP contribution in [0.25, 0.3) is 0 Å². The van der Waals surface area contributed by atoms with Crippen LogP contribution in [0.1, 0.15) is 15.9 Å². The second kappa shape index (κ2) is 6.00. The summed E-state index contributed by atoms with van der Waals surface area (Å²) in [5.74, 6) is -2.67. The molecule has 0 fully saturated rings. The van der Waals surface area contributed by atoms with Crippen LogP contribution in [0.4, 0.5) is 14.5 Å². The van der Waals surface area contributed by atoms with E-state index in [1.165, 1.54) is 0 Å². The van der Waals surface area contributed by atoms with Gasteiger partial charge in [-0.25, -0.2) is 8.78 Å². The smallest absolute Gasteiger partial charge is 0.257 e. The zero-order chi connectivity index (χ0) is 14.7. The molecule has 0 atom stereocenters. The molecule has 0 bridgehead atoms. The minimum atomic E-state index is -0.921. The van der Waals surface area contributed by atoms with E-state index in [0.29, 0.717) is 11.3 Å². The van der Waals surface area contributed by atoms with Crippen molar-refractivity contribution in [1.29, 1.82) is 0 Å². The van der Waals surface area contributed by atoms with Crippen LogP contribution in [0.2, 0.25) is 0 Å². The van der Waals surface area contributed by atoms with Gasteiger partial charge in [-0.2, -0.15) is 0 Å². The van der Waals surface area contributed by atoms with Crippen molar-refractivity contribution in [3.63, 3.8) is 0 Å². The van der Waals surface area contributed by atoms with Crippen LogP contribution in [-0.2, 0) is 6.54 Å². The quantitative estimate of drug-likeness (QED) is 0.842. The summed E-state index contributed by atoms with van der Waals surface area (Å²) < 4.78 is 27.5. The highest BCUT2D eigenvalue weighted by atomic mass is 79.9. The van der Waals surface area contributed by atoms with Gasteiger partial charge in [-0.1, -0.05) is 34.1 Å². The van der Waals surface area contributed by atoms with Gasteiger partial charge in [0.2, 0.25) is 0 Å². The van der Waals surface area contributed by atoms with E-state index < -0.39 is 23.1 Å². The van der Waals surface area contributed by atoms with Crippen molar-refractivity contribution in [3.8, 4) is 0 Å². The van der Waals surface area contributed by atoms with Crippen LogP contribution in [0.3, 0.4) is 0 Å². The number of nitrogen functional groups attached to an aromatic ring is 1. The Morgan fingerprint density at radius 2 is 1.80 bits per heavy atom. The molecule has 3 N–H and O–H groups in total. The third-order valence-corrected chi connectivity index (χ3v) is 3.19. The number of halogens is 3. The molecule has 0 aliphatic rings. The van der Waals surface area contributed by atoms with Gasteiger partial charge in [-0.05, 0) is 23.8 Å². The van der Waals surface area contributed by atoms with Crippen LogP contribution in [-0.4, -0.2) is 5.91 Å². The molecule has 0 aromatic heterocycles. The van der Waals surface area contributed by atoms with Gasteiger partial charge < -0.3 is 11.1 Å². The number of hydrogen-bond donors (Lipinski definition) is 2. The van der Waals surface area contributed by atoms with Crippen molar-refractivity contribution in [2.45, 2.75) is 6.54 Å². The first-order valence-corrected chi connectivity index (χ1v) is 6.54. The van der Waals surface area contributed by atoms with Crippen molar-refractivity contribution in [3.05, 3.63) is 63.6 Å². The molecule has 3 nitrogen and oxygen atoms in total. The molecule has 0 radical (unpaired) electrons. The molecule has 0 heterocycles. The average molecular weight is 341 g/mol. The Balaban J connectivity index is 2.16. The molecule has 6 heteroatoms. The number of amides is 1. The van der Waals surface area contributed by atoms with E-state index in [2.05, 4.69) is 21.2 Å².